The summed E-state index contributed by atoms with van der Waals surface area (Å²) < 4.78 is 1.62. The molecular weight excluding hydrogens is 287 g/mol. The quantitative estimate of drug-likeness (QED) is 0.837. The summed E-state index contributed by atoms with van der Waals surface area (Å²) in [7, 11) is 1.78. The van der Waals surface area contributed by atoms with E-state index in [0.29, 0.717) is 11.3 Å². The molecule has 0 aliphatic heterocycles. The number of carbonyl (C=O) groups is 1. The highest BCUT2D eigenvalue weighted by atomic mass is 35.5. The zero-order valence-electron chi connectivity index (χ0n) is 10.4. The third-order valence-electron chi connectivity index (χ3n) is 2.58. The molecule has 2 aromatic rings. The van der Waals surface area contributed by atoms with Gasteiger partial charge in [0, 0.05) is 18.8 Å². The maximum absolute atomic E-state index is 12.1. The summed E-state index contributed by atoms with van der Waals surface area (Å²) in [6.45, 7) is 1.80. The number of carbonyl (C=O) groups excluding carboxylic acids is 1. The van der Waals surface area contributed by atoms with E-state index in [2.05, 4.69) is 10.4 Å². The van der Waals surface area contributed by atoms with E-state index >= 15 is 0 Å². The Balaban J connectivity index is 2.28. The normalized spacial score (nSPS) is 10.5. The lowest BCUT2D eigenvalue weighted by molar-refractivity contribution is 0.102. The van der Waals surface area contributed by atoms with Crippen LogP contribution in [0.15, 0.2) is 18.3 Å². The molecule has 0 atom stereocenters. The van der Waals surface area contributed by atoms with Crippen LogP contribution in [0.5, 0.6) is 0 Å². The SMILES string of the molecule is Cc1nn(C)cc1NC(=O)c1cc(N)c(Cl)c(Cl)c1. The van der Waals surface area contributed by atoms with Crippen molar-refractivity contribution in [1.29, 1.82) is 0 Å². The first kappa shape index (κ1) is 13.7. The average Bonchev–Trinajstić information content (AvgIpc) is 2.64. The Hall–Kier alpha value is -1.72. The van der Waals surface area contributed by atoms with Gasteiger partial charge in [-0.3, -0.25) is 9.48 Å². The molecule has 3 N–H and O–H groups in total. The first-order valence-electron chi connectivity index (χ1n) is 5.44. The first-order valence-corrected chi connectivity index (χ1v) is 6.20. The van der Waals surface area contributed by atoms with Gasteiger partial charge in [-0.15, -0.1) is 0 Å². The van der Waals surface area contributed by atoms with Crippen molar-refractivity contribution in [3.05, 3.63) is 39.6 Å². The lowest BCUT2D eigenvalue weighted by atomic mass is 10.2. The third-order valence-corrected chi connectivity index (χ3v) is 3.40. The lowest BCUT2D eigenvalue weighted by Gasteiger charge is -2.07. The summed E-state index contributed by atoms with van der Waals surface area (Å²) in [6.07, 6.45) is 1.72. The van der Waals surface area contributed by atoms with Crippen LogP contribution in [0.1, 0.15) is 16.1 Å². The van der Waals surface area contributed by atoms with Gasteiger partial charge >= 0.3 is 0 Å². The van der Waals surface area contributed by atoms with Crippen molar-refractivity contribution in [3.8, 4) is 0 Å². The predicted octanol–water partition coefficient (Wildman–Crippen LogP) is 2.87. The van der Waals surface area contributed by atoms with Crippen LogP contribution in [0.2, 0.25) is 10.0 Å². The number of hydrogen-bond donors (Lipinski definition) is 2. The van der Waals surface area contributed by atoms with Gasteiger partial charge in [-0.1, -0.05) is 23.2 Å². The van der Waals surface area contributed by atoms with Gasteiger partial charge in [-0.05, 0) is 19.1 Å². The monoisotopic (exact) mass is 298 g/mol. The average molecular weight is 299 g/mol. The van der Waals surface area contributed by atoms with Crippen LogP contribution in [-0.4, -0.2) is 15.7 Å². The number of nitrogens with zero attached hydrogens (tertiary/aromatic N) is 2. The number of nitrogen functional groups attached to an aromatic ring is 1. The third kappa shape index (κ3) is 2.83. The Morgan fingerprint density at radius 3 is 2.63 bits per heavy atom. The summed E-state index contributed by atoms with van der Waals surface area (Å²) in [5.74, 6) is -0.318. The number of benzene rings is 1. The highest BCUT2D eigenvalue weighted by molar-refractivity contribution is 6.44. The fourth-order valence-electron chi connectivity index (χ4n) is 1.66. The van der Waals surface area contributed by atoms with Crippen LogP contribution < -0.4 is 11.1 Å². The molecule has 0 bridgehead atoms. The van der Waals surface area contributed by atoms with Crippen LogP contribution >= 0.6 is 23.2 Å². The van der Waals surface area contributed by atoms with E-state index in [0.717, 1.165) is 5.69 Å². The fraction of sp³-hybridized carbons (Fsp3) is 0.167. The lowest BCUT2D eigenvalue weighted by Crippen LogP contribution is -2.12. The maximum atomic E-state index is 12.1. The van der Waals surface area contributed by atoms with Crippen LogP contribution in [0, 0.1) is 6.92 Å². The molecule has 0 fully saturated rings. The second-order valence-corrected chi connectivity index (χ2v) is 4.90. The molecule has 0 spiro atoms. The van der Waals surface area contributed by atoms with Gasteiger partial charge in [0.15, 0.2) is 0 Å². The van der Waals surface area contributed by atoms with Gasteiger partial charge < -0.3 is 11.1 Å². The Kier molecular flexibility index (Phi) is 3.68. The molecule has 0 radical (unpaired) electrons. The van der Waals surface area contributed by atoms with Crippen LogP contribution in [0.3, 0.4) is 0 Å². The number of rotatable bonds is 2. The molecule has 100 valence electrons. The molecule has 19 heavy (non-hydrogen) atoms. The molecule has 1 heterocycles. The Morgan fingerprint density at radius 2 is 2.11 bits per heavy atom. The number of amides is 1. The Bertz CT molecular complexity index is 628. The van der Waals surface area contributed by atoms with Crippen LogP contribution in [0.4, 0.5) is 11.4 Å². The van der Waals surface area contributed by atoms with E-state index in [-0.39, 0.29) is 21.6 Å². The molecule has 2 rings (SSSR count). The number of nitrogens with two attached hydrogens (primary N) is 1. The Morgan fingerprint density at radius 1 is 1.42 bits per heavy atom. The Labute approximate surface area is 120 Å². The van der Waals surface area contributed by atoms with Gasteiger partial charge in [0.05, 0.1) is 27.1 Å². The molecule has 5 nitrogen and oxygen atoms in total. The second kappa shape index (κ2) is 5.11. The summed E-state index contributed by atoms with van der Waals surface area (Å²) in [5, 5.41) is 7.37. The predicted molar refractivity (Wildman–Crippen MR) is 76.8 cm³/mol. The minimum atomic E-state index is -0.318. The zero-order chi connectivity index (χ0) is 14.2. The van der Waals surface area contributed by atoms with Gasteiger partial charge in [0.25, 0.3) is 5.91 Å². The van der Waals surface area contributed by atoms with Crippen molar-refractivity contribution in [2.75, 3.05) is 11.1 Å². The maximum Gasteiger partial charge on any atom is 0.255 e. The number of nitrogens with one attached hydrogen (secondary N) is 1. The standard InChI is InChI=1S/C12H12Cl2N4O/c1-6-10(5-18(2)17-6)16-12(19)7-3-8(13)11(14)9(15)4-7/h3-5H,15H2,1-2H3,(H,16,19). The van der Waals surface area contributed by atoms with Gasteiger partial charge in [0.1, 0.15) is 0 Å². The molecule has 1 aromatic heterocycles. The number of hydrogen-bond acceptors (Lipinski definition) is 3. The molecule has 0 saturated heterocycles. The van der Waals surface area contributed by atoms with Crippen molar-refractivity contribution in [2.45, 2.75) is 6.92 Å². The fourth-order valence-corrected chi connectivity index (χ4v) is 1.99. The van der Waals surface area contributed by atoms with Crippen molar-refractivity contribution in [3.63, 3.8) is 0 Å². The molecule has 0 unspecified atom stereocenters. The molecule has 1 amide bonds. The van der Waals surface area contributed by atoms with E-state index in [1.54, 1.807) is 24.9 Å². The molecule has 7 heteroatoms. The van der Waals surface area contributed by atoms with E-state index < -0.39 is 0 Å². The number of aryl methyl sites for hydroxylation is 2. The van der Waals surface area contributed by atoms with E-state index in [9.17, 15) is 4.79 Å². The van der Waals surface area contributed by atoms with Crippen molar-refractivity contribution in [2.24, 2.45) is 7.05 Å². The molecule has 1 aromatic carbocycles. The van der Waals surface area contributed by atoms with Gasteiger partial charge in [-0.2, -0.15) is 5.10 Å². The largest absolute Gasteiger partial charge is 0.397 e. The van der Waals surface area contributed by atoms with E-state index in [1.807, 2.05) is 0 Å². The molecule has 0 aliphatic carbocycles. The first-order chi connectivity index (χ1) is 8.88. The summed E-state index contributed by atoms with van der Waals surface area (Å²) in [4.78, 5) is 12.1. The van der Waals surface area contributed by atoms with Crippen LogP contribution in [0.25, 0.3) is 0 Å². The van der Waals surface area contributed by atoms with Crippen molar-refractivity contribution < 1.29 is 4.79 Å². The molecule has 0 saturated carbocycles. The topological polar surface area (TPSA) is 72.9 Å². The van der Waals surface area contributed by atoms with Crippen molar-refractivity contribution in [1.82, 2.24) is 9.78 Å². The number of halogens is 2. The minimum absolute atomic E-state index is 0.245. The van der Waals surface area contributed by atoms with E-state index in [4.69, 9.17) is 28.9 Å². The van der Waals surface area contributed by atoms with Crippen molar-refractivity contribution >= 4 is 40.5 Å². The second-order valence-electron chi connectivity index (χ2n) is 4.12. The highest BCUT2D eigenvalue weighted by Crippen LogP contribution is 2.29. The summed E-state index contributed by atoms with van der Waals surface area (Å²) >= 11 is 11.7. The van der Waals surface area contributed by atoms with E-state index in [1.165, 1.54) is 12.1 Å². The number of aromatic nitrogens is 2. The minimum Gasteiger partial charge on any atom is -0.397 e. The highest BCUT2D eigenvalue weighted by Gasteiger charge is 2.13. The summed E-state index contributed by atoms with van der Waals surface area (Å²) in [5.41, 5.74) is 7.64. The molecule has 0 aliphatic rings. The number of anilines is 2. The van der Waals surface area contributed by atoms with Gasteiger partial charge in [0.2, 0.25) is 0 Å². The molecular formula is C12H12Cl2N4O. The zero-order valence-corrected chi connectivity index (χ0v) is 11.9. The smallest absolute Gasteiger partial charge is 0.255 e. The summed E-state index contributed by atoms with van der Waals surface area (Å²) in [6, 6.07) is 2.95. The van der Waals surface area contributed by atoms with Crippen LogP contribution in [-0.2, 0) is 7.05 Å². The van der Waals surface area contributed by atoms with Gasteiger partial charge in [-0.25, -0.2) is 0 Å².